The molecule has 1 heterocycles. The van der Waals surface area contributed by atoms with Crippen LogP contribution >= 0.6 is 0 Å². The van der Waals surface area contributed by atoms with Crippen LogP contribution in [0, 0.1) is 0 Å². The predicted molar refractivity (Wildman–Crippen MR) is 73.6 cm³/mol. The molecule has 1 N–H and O–H groups in total. The summed E-state index contributed by atoms with van der Waals surface area (Å²) in [6.07, 6.45) is 5.17. The van der Waals surface area contributed by atoms with Crippen molar-refractivity contribution in [1.29, 1.82) is 0 Å². The minimum absolute atomic E-state index is 0.00980. The van der Waals surface area contributed by atoms with E-state index in [0.717, 1.165) is 19.3 Å². The zero-order valence-electron chi connectivity index (χ0n) is 12.1. The molecule has 6 heteroatoms. The summed E-state index contributed by atoms with van der Waals surface area (Å²) in [6, 6.07) is 0.211. The third-order valence-corrected chi connectivity index (χ3v) is 4.19. The Morgan fingerprint density at radius 3 is 2.85 bits per heavy atom. The molecule has 20 heavy (non-hydrogen) atoms. The summed E-state index contributed by atoms with van der Waals surface area (Å²) in [7, 11) is 1.75. The van der Waals surface area contributed by atoms with Gasteiger partial charge in [-0.1, -0.05) is 12.8 Å². The number of urea groups is 1. The summed E-state index contributed by atoms with van der Waals surface area (Å²) in [4.78, 5) is 26.6. The number of ether oxygens (including phenoxy) is 1. The number of hydrogen-bond acceptors (Lipinski definition) is 3. The first-order valence-corrected chi connectivity index (χ1v) is 7.44. The van der Waals surface area contributed by atoms with E-state index in [1.54, 1.807) is 11.9 Å². The molecular formula is C14H24N2O4. The van der Waals surface area contributed by atoms with Crippen LogP contribution in [0.1, 0.15) is 38.5 Å². The summed E-state index contributed by atoms with van der Waals surface area (Å²) in [5, 5.41) is 8.64. The molecule has 6 nitrogen and oxygen atoms in total. The summed E-state index contributed by atoms with van der Waals surface area (Å²) >= 11 is 0. The minimum Gasteiger partial charge on any atom is -0.481 e. The van der Waals surface area contributed by atoms with E-state index >= 15 is 0 Å². The van der Waals surface area contributed by atoms with Gasteiger partial charge >= 0.3 is 12.0 Å². The molecule has 114 valence electrons. The fourth-order valence-corrected chi connectivity index (χ4v) is 3.12. The Labute approximate surface area is 119 Å². The quantitative estimate of drug-likeness (QED) is 0.850. The highest BCUT2D eigenvalue weighted by Gasteiger charge is 2.37. The highest BCUT2D eigenvalue weighted by Crippen LogP contribution is 2.28. The van der Waals surface area contributed by atoms with Crippen molar-refractivity contribution < 1.29 is 19.4 Å². The third kappa shape index (κ3) is 3.62. The van der Waals surface area contributed by atoms with E-state index in [1.165, 1.54) is 6.42 Å². The SMILES string of the molecule is CN(CCCC(=O)O)C(=O)N1CCOC2CCCCC21. The average Bonchev–Trinajstić information content (AvgIpc) is 2.45. The largest absolute Gasteiger partial charge is 0.481 e. The van der Waals surface area contributed by atoms with Gasteiger partial charge in [0.2, 0.25) is 0 Å². The van der Waals surface area contributed by atoms with Gasteiger partial charge in [-0.3, -0.25) is 4.79 Å². The second kappa shape index (κ2) is 6.92. The van der Waals surface area contributed by atoms with E-state index < -0.39 is 5.97 Å². The summed E-state index contributed by atoms with van der Waals surface area (Å²) < 4.78 is 5.76. The predicted octanol–water partition coefficient (Wildman–Crippen LogP) is 1.55. The molecule has 0 aromatic heterocycles. The molecule has 0 radical (unpaired) electrons. The van der Waals surface area contributed by atoms with Crippen LogP contribution in [0.4, 0.5) is 4.79 Å². The van der Waals surface area contributed by atoms with E-state index in [4.69, 9.17) is 9.84 Å². The lowest BCUT2D eigenvalue weighted by molar-refractivity contribution is -0.137. The molecular weight excluding hydrogens is 260 g/mol. The Hall–Kier alpha value is -1.30. The van der Waals surface area contributed by atoms with Crippen molar-refractivity contribution >= 4 is 12.0 Å². The molecule has 1 aliphatic heterocycles. The molecule has 2 fully saturated rings. The zero-order chi connectivity index (χ0) is 14.5. The number of nitrogens with zero attached hydrogens (tertiary/aromatic N) is 2. The maximum Gasteiger partial charge on any atom is 0.320 e. The lowest BCUT2D eigenvalue weighted by Gasteiger charge is -2.44. The third-order valence-electron chi connectivity index (χ3n) is 4.19. The van der Waals surface area contributed by atoms with Crippen LogP contribution in [0.5, 0.6) is 0 Å². The average molecular weight is 284 g/mol. The van der Waals surface area contributed by atoms with Crippen molar-refractivity contribution in [2.24, 2.45) is 0 Å². The van der Waals surface area contributed by atoms with Gasteiger partial charge in [0.1, 0.15) is 0 Å². The number of aliphatic carboxylic acids is 1. The smallest absolute Gasteiger partial charge is 0.320 e. The van der Waals surface area contributed by atoms with Crippen LogP contribution in [0.15, 0.2) is 0 Å². The van der Waals surface area contributed by atoms with Gasteiger partial charge in [-0.25, -0.2) is 4.79 Å². The summed E-state index contributed by atoms with van der Waals surface area (Å²) in [6.45, 7) is 1.74. The molecule has 2 rings (SSSR count). The molecule has 2 atom stereocenters. The molecule has 0 spiro atoms. The van der Waals surface area contributed by atoms with Gasteiger partial charge in [0.15, 0.2) is 0 Å². The first-order valence-electron chi connectivity index (χ1n) is 7.44. The second-order valence-electron chi connectivity index (χ2n) is 5.66. The van der Waals surface area contributed by atoms with Gasteiger partial charge in [-0.15, -0.1) is 0 Å². The van der Waals surface area contributed by atoms with E-state index in [1.807, 2.05) is 4.90 Å². The summed E-state index contributed by atoms with van der Waals surface area (Å²) in [5.74, 6) is -0.815. The van der Waals surface area contributed by atoms with Gasteiger partial charge < -0.3 is 19.6 Å². The molecule has 2 unspecified atom stereocenters. The Kier molecular flexibility index (Phi) is 5.23. The summed E-state index contributed by atoms with van der Waals surface area (Å²) in [5.41, 5.74) is 0. The number of morpholine rings is 1. The maximum absolute atomic E-state index is 12.5. The number of carboxylic acids is 1. The first kappa shape index (κ1) is 15.1. The lowest BCUT2D eigenvalue weighted by Crippen LogP contribution is -2.57. The number of carbonyl (C=O) groups is 2. The van der Waals surface area contributed by atoms with Crippen molar-refractivity contribution in [3.63, 3.8) is 0 Å². The van der Waals surface area contributed by atoms with E-state index in [2.05, 4.69) is 0 Å². The number of carbonyl (C=O) groups excluding carboxylic acids is 1. The molecule has 2 amide bonds. The Morgan fingerprint density at radius 2 is 2.10 bits per heavy atom. The molecule has 2 aliphatic rings. The highest BCUT2D eigenvalue weighted by molar-refractivity contribution is 5.75. The Balaban J connectivity index is 1.87. The van der Waals surface area contributed by atoms with Crippen molar-refractivity contribution in [2.75, 3.05) is 26.7 Å². The fraction of sp³-hybridized carbons (Fsp3) is 0.857. The standard InChI is InChI=1S/C14H24N2O4/c1-15(8-4-7-13(17)18)14(19)16-9-10-20-12-6-3-2-5-11(12)16/h11-12H,2-10H2,1H3,(H,17,18). The van der Waals surface area contributed by atoms with Gasteiger partial charge in [0.25, 0.3) is 0 Å². The van der Waals surface area contributed by atoms with Crippen molar-refractivity contribution in [1.82, 2.24) is 9.80 Å². The van der Waals surface area contributed by atoms with Crippen LogP contribution in [-0.2, 0) is 9.53 Å². The molecule has 0 aromatic rings. The monoisotopic (exact) mass is 284 g/mol. The van der Waals surface area contributed by atoms with E-state index in [0.29, 0.717) is 26.1 Å². The van der Waals surface area contributed by atoms with Gasteiger partial charge in [-0.05, 0) is 19.3 Å². The van der Waals surface area contributed by atoms with Crippen LogP contribution in [0.3, 0.4) is 0 Å². The van der Waals surface area contributed by atoms with Crippen LogP contribution in [0.2, 0.25) is 0 Å². The van der Waals surface area contributed by atoms with Gasteiger partial charge in [0, 0.05) is 26.6 Å². The number of rotatable bonds is 4. The number of amides is 2. The molecule has 0 bridgehead atoms. The van der Waals surface area contributed by atoms with E-state index in [9.17, 15) is 9.59 Å². The second-order valence-corrected chi connectivity index (χ2v) is 5.66. The minimum atomic E-state index is -0.815. The Morgan fingerprint density at radius 1 is 1.35 bits per heavy atom. The van der Waals surface area contributed by atoms with Crippen molar-refractivity contribution in [2.45, 2.75) is 50.7 Å². The lowest BCUT2D eigenvalue weighted by atomic mass is 9.90. The zero-order valence-corrected chi connectivity index (χ0v) is 12.1. The van der Waals surface area contributed by atoms with Gasteiger partial charge in [-0.2, -0.15) is 0 Å². The van der Waals surface area contributed by atoms with Crippen molar-refractivity contribution in [3.8, 4) is 0 Å². The Bertz CT molecular complexity index is 359. The van der Waals surface area contributed by atoms with Crippen LogP contribution in [-0.4, -0.2) is 65.8 Å². The number of fused-ring (bicyclic) bond motifs is 1. The fourth-order valence-electron chi connectivity index (χ4n) is 3.12. The highest BCUT2D eigenvalue weighted by atomic mass is 16.5. The van der Waals surface area contributed by atoms with Crippen LogP contribution < -0.4 is 0 Å². The molecule has 1 aliphatic carbocycles. The molecule has 1 saturated heterocycles. The topological polar surface area (TPSA) is 70.1 Å². The van der Waals surface area contributed by atoms with Gasteiger partial charge in [0.05, 0.1) is 18.8 Å². The number of hydrogen-bond donors (Lipinski definition) is 1. The normalized spacial score (nSPS) is 25.9. The van der Waals surface area contributed by atoms with Crippen molar-refractivity contribution in [3.05, 3.63) is 0 Å². The molecule has 1 saturated carbocycles. The van der Waals surface area contributed by atoms with E-state index in [-0.39, 0.29) is 24.6 Å². The maximum atomic E-state index is 12.5. The number of carboxylic acid groups (broad SMARTS) is 1. The first-order chi connectivity index (χ1) is 9.59. The van der Waals surface area contributed by atoms with Crippen LogP contribution in [0.25, 0.3) is 0 Å². The molecule has 0 aromatic carbocycles.